The highest BCUT2D eigenvalue weighted by atomic mass is 35.5. The van der Waals surface area contributed by atoms with Crippen LogP contribution in [0.15, 0.2) is 29.2 Å². The maximum atomic E-state index is 12.3. The summed E-state index contributed by atoms with van der Waals surface area (Å²) in [5.74, 6) is -0.326. The van der Waals surface area contributed by atoms with Crippen molar-refractivity contribution >= 4 is 27.5 Å². The molecule has 98 valence electrons. The molecule has 2 rings (SSSR count). The van der Waals surface area contributed by atoms with Crippen molar-refractivity contribution in [1.82, 2.24) is 4.31 Å². The number of halogens is 1. The number of rotatable bonds is 2. The zero-order chi connectivity index (χ0) is 13.2. The van der Waals surface area contributed by atoms with Crippen molar-refractivity contribution in [1.29, 1.82) is 0 Å². The summed E-state index contributed by atoms with van der Waals surface area (Å²) in [7, 11) is -3.76. The molecule has 1 aliphatic heterocycles. The van der Waals surface area contributed by atoms with Gasteiger partial charge in [0.1, 0.15) is 0 Å². The molecule has 1 amide bonds. The summed E-state index contributed by atoms with van der Waals surface area (Å²) < 4.78 is 25.7. The van der Waals surface area contributed by atoms with E-state index >= 15 is 0 Å². The fourth-order valence-corrected chi connectivity index (χ4v) is 3.73. The van der Waals surface area contributed by atoms with E-state index in [9.17, 15) is 13.2 Å². The van der Waals surface area contributed by atoms with Crippen LogP contribution in [0.5, 0.6) is 0 Å². The minimum absolute atomic E-state index is 0.0743. The van der Waals surface area contributed by atoms with Gasteiger partial charge in [-0.2, -0.15) is 0 Å². The molecular weight excluding hydrogens is 274 g/mol. The van der Waals surface area contributed by atoms with Crippen molar-refractivity contribution in [3.8, 4) is 0 Å². The molecule has 0 bridgehead atoms. The first kappa shape index (κ1) is 13.4. The zero-order valence-corrected chi connectivity index (χ0v) is 11.4. The number of amides is 1. The van der Waals surface area contributed by atoms with Gasteiger partial charge in [0.05, 0.1) is 4.90 Å². The van der Waals surface area contributed by atoms with Crippen LogP contribution in [0.25, 0.3) is 0 Å². The minimum atomic E-state index is -3.76. The van der Waals surface area contributed by atoms with E-state index in [-0.39, 0.29) is 17.3 Å². The van der Waals surface area contributed by atoms with E-state index < -0.39 is 10.0 Å². The Bertz CT molecular complexity index is 556. The molecular formula is C12H14ClNO3S. The number of sulfonamides is 1. The highest BCUT2D eigenvalue weighted by Gasteiger charge is 2.29. The number of carbonyl (C=O) groups is 1. The van der Waals surface area contributed by atoms with Gasteiger partial charge in [-0.3, -0.25) is 4.79 Å². The van der Waals surface area contributed by atoms with Gasteiger partial charge in [-0.15, -0.1) is 0 Å². The Morgan fingerprint density at radius 2 is 1.94 bits per heavy atom. The highest BCUT2D eigenvalue weighted by molar-refractivity contribution is 7.89. The molecule has 0 unspecified atom stereocenters. The van der Waals surface area contributed by atoms with Crippen molar-refractivity contribution in [3.63, 3.8) is 0 Å². The van der Waals surface area contributed by atoms with Crippen LogP contribution in [-0.4, -0.2) is 25.2 Å². The molecule has 1 saturated heterocycles. The standard InChI is InChI=1S/C12H14ClNO3S/c13-10-5-4-6-11(9-10)18(16,17)14-8-3-1-2-7-12(14)15/h4-6,9H,1-3,7-8H2. The topological polar surface area (TPSA) is 54.5 Å². The summed E-state index contributed by atoms with van der Waals surface area (Å²) in [4.78, 5) is 11.9. The third-order valence-electron chi connectivity index (χ3n) is 2.91. The molecule has 1 heterocycles. The quantitative estimate of drug-likeness (QED) is 0.839. The number of hydrogen-bond acceptors (Lipinski definition) is 3. The van der Waals surface area contributed by atoms with Gasteiger partial charge in [-0.25, -0.2) is 12.7 Å². The lowest BCUT2D eigenvalue weighted by Gasteiger charge is -2.20. The molecule has 0 N–H and O–H groups in total. The number of benzene rings is 1. The predicted octanol–water partition coefficient (Wildman–Crippen LogP) is 2.43. The van der Waals surface area contributed by atoms with Crippen LogP contribution in [-0.2, 0) is 14.8 Å². The smallest absolute Gasteiger partial charge is 0.266 e. The summed E-state index contributed by atoms with van der Waals surface area (Å²) in [5.41, 5.74) is 0. The van der Waals surface area contributed by atoms with Crippen molar-refractivity contribution in [3.05, 3.63) is 29.3 Å². The van der Waals surface area contributed by atoms with Gasteiger partial charge in [0.25, 0.3) is 10.0 Å². The predicted molar refractivity (Wildman–Crippen MR) is 68.8 cm³/mol. The van der Waals surface area contributed by atoms with Gasteiger partial charge in [0.15, 0.2) is 0 Å². The Hall–Kier alpha value is -1.07. The summed E-state index contributed by atoms with van der Waals surface area (Å²) in [6.07, 6.45) is 2.64. The van der Waals surface area contributed by atoms with Gasteiger partial charge in [-0.1, -0.05) is 24.1 Å². The first-order valence-corrected chi connectivity index (χ1v) is 7.65. The molecule has 0 spiro atoms. The third-order valence-corrected chi connectivity index (χ3v) is 4.97. The first-order chi connectivity index (χ1) is 8.51. The lowest BCUT2D eigenvalue weighted by Crippen LogP contribution is -2.36. The SMILES string of the molecule is O=C1CCCCCN1S(=O)(=O)c1cccc(Cl)c1. The van der Waals surface area contributed by atoms with E-state index in [2.05, 4.69) is 0 Å². The molecule has 6 heteroatoms. The molecule has 0 atom stereocenters. The summed E-state index contributed by atoms with van der Waals surface area (Å²) >= 11 is 5.79. The molecule has 4 nitrogen and oxygen atoms in total. The van der Waals surface area contributed by atoms with Crippen LogP contribution in [0.2, 0.25) is 5.02 Å². The molecule has 0 aliphatic carbocycles. The normalized spacial score (nSPS) is 17.6. The maximum absolute atomic E-state index is 12.3. The zero-order valence-electron chi connectivity index (χ0n) is 9.80. The molecule has 1 fully saturated rings. The summed E-state index contributed by atoms with van der Waals surface area (Å²) in [6.45, 7) is 0.258. The Labute approximate surface area is 112 Å². The lowest BCUT2D eigenvalue weighted by molar-refractivity contribution is -0.126. The van der Waals surface area contributed by atoms with Crippen molar-refractivity contribution in [2.45, 2.75) is 30.6 Å². The van der Waals surface area contributed by atoms with Crippen LogP contribution < -0.4 is 0 Å². The summed E-state index contributed by atoms with van der Waals surface area (Å²) in [6, 6.07) is 6.00. The van der Waals surface area contributed by atoms with E-state index in [0.29, 0.717) is 17.9 Å². The van der Waals surface area contributed by atoms with Gasteiger partial charge >= 0.3 is 0 Å². The van der Waals surface area contributed by atoms with E-state index in [4.69, 9.17) is 11.6 Å². The monoisotopic (exact) mass is 287 g/mol. The molecule has 0 saturated carbocycles. The molecule has 0 radical (unpaired) electrons. The Morgan fingerprint density at radius 3 is 2.67 bits per heavy atom. The van der Waals surface area contributed by atoms with Gasteiger partial charge in [-0.05, 0) is 31.0 Å². The van der Waals surface area contributed by atoms with Crippen LogP contribution in [0.4, 0.5) is 0 Å². The fraction of sp³-hybridized carbons (Fsp3) is 0.417. The average Bonchev–Trinajstić information content (AvgIpc) is 2.54. The Kier molecular flexibility index (Phi) is 3.92. The van der Waals surface area contributed by atoms with Crippen molar-refractivity contribution in [2.75, 3.05) is 6.54 Å². The molecule has 1 aliphatic rings. The number of nitrogens with zero attached hydrogens (tertiary/aromatic N) is 1. The first-order valence-electron chi connectivity index (χ1n) is 5.83. The lowest BCUT2D eigenvalue weighted by atomic mass is 10.2. The number of hydrogen-bond donors (Lipinski definition) is 0. The van der Waals surface area contributed by atoms with Gasteiger partial charge in [0.2, 0.25) is 5.91 Å². The maximum Gasteiger partial charge on any atom is 0.266 e. The van der Waals surface area contributed by atoms with E-state index in [1.54, 1.807) is 12.1 Å². The van der Waals surface area contributed by atoms with Crippen molar-refractivity contribution < 1.29 is 13.2 Å². The van der Waals surface area contributed by atoms with Crippen LogP contribution in [0, 0.1) is 0 Å². The largest absolute Gasteiger partial charge is 0.274 e. The second kappa shape index (κ2) is 5.28. The Balaban J connectivity index is 2.38. The van der Waals surface area contributed by atoms with Crippen LogP contribution >= 0.6 is 11.6 Å². The van der Waals surface area contributed by atoms with Crippen molar-refractivity contribution in [2.24, 2.45) is 0 Å². The second-order valence-electron chi connectivity index (χ2n) is 4.24. The van der Waals surface area contributed by atoms with E-state index in [1.165, 1.54) is 12.1 Å². The van der Waals surface area contributed by atoms with Crippen LogP contribution in [0.1, 0.15) is 25.7 Å². The number of carbonyl (C=O) groups excluding carboxylic acids is 1. The third kappa shape index (κ3) is 2.67. The Morgan fingerprint density at radius 1 is 1.17 bits per heavy atom. The van der Waals surface area contributed by atoms with Gasteiger partial charge < -0.3 is 0 Å². The average molecular weight is 288 g/mol. The molecule has 1 aromatic carbocycles. The summed E-state index contributed by atoms with van der Waals surface area (Å²) in [5, 5.41) is 0.346. The van der Waals surface area contributed by atoms with E-state index in [0.717, 1.165) is 17.1 Å². The minimum Gasteiger partial charge on any atom is -0.274 e. The molecule has 0 aromatic heterocycles. The molecule has 1 aromatic rings. The fourth-order valence-electron chi connectivity index (χ4n) is 1.97. The highest BCUT2D eigenvalue weighted by Crippen LogP contribution is 2.23. The van der Waals surface area contributed by atoms with Gasteiger partial charge in [0, 0.05) is 18.0 Å². The van der Waals surface area contributed by atoms with Crippen LogP contribution in [0.3, 0.4) is 0 Å². The second-order valence-corrected chi connectivity index (χ2v) is 6.54. The molecule has 18 heavy (non-hydrogen) atoms. The van der Waals surface area contributed by atoms with E-state index in [1.807, 2.05) is 0 Å².